The van der Waals surface area contributed by atoms with Gasteiger partial charge in [0.05, 0.1) is 25.9 Å². The zero-order valence-corrected chi connectivity index (χ0v) is 26.2. The van der Waals surface area contributed by atoms with Gasteiger partial charge in [-0.15, -0.1) is 0 Å². The third kappa shape index (κ3) is 31.5. The van der Waals surface area contributed by atoms with Crippen LogP contribution in [0.25, 0.3) is 0 Å². The van der Waals surface area contributed by atoms with Crippen molar-refractivity contribution in [3.05, 3.63) is 0 Å². The lowest BCUT2D eigenvalue weighted by molar-refractivity contribution is -0.123. The smallest absolute Gasteiger partial charge is 0.237 e. The number of hydrogen-bond acceptors (Lipinski definition) is 11. The zero-order valence-electron chi connectivity index (χ0n) is 26.2. The standard InChI is InChI=1S/C29H59N3O10/c1-31-28(33)10-9-27(30)29(34)32-11-24-41-22-7-20-39-18-5-16-37-14-3-12-36-13-4-15-38-17-6-19-40-21-8-23-42-26-25-35-2/h27H,3-26,30H2,1-2H3,(H,31,33)(H,32,34)/t27-/m0/s1. The topological polar surface area (TPSA) is 158 Å². The van der Waals surface area contributed by atoms with Gasteiger partial charge in [0.15, 0.2) is 0 Å². The molecule has 0 saturated heterocycles. The Morgan fingerprint density at radius 1 is 0.571 bits per heavy atom. The number of hydrogen-bond donors (Lipinski definition) is 3. The Labute approximate surface area is 253 Å². The molecule has 0 fully saturated rings. The lowest BCUT2D eigenvalue weighted by atomic mass is 10.1. The van der Waals surface area contributed by atoms with Gasteiger partial charge in [0.25, 0.3) is 0 Å². The van der Waals surface area contributed by atoms with Gasteiger partial charge in [0, 0.05) is 106 Å². The van der Waals surface area contributed by atoms with Crippen molar-refractivity contribution >= 4 is 11.8 Å². The number of ether oxygens (including phenoxy) is 8. The van der Waals surface area contributed by atoms with Gasteiger partial charge in [0.2, 0.25) is 11.8 Å². The van der Waals surface area contributed by atoms with Crippen LogP contribution in [-0.2, 0) is 47.5 Å². The van der Waals surface area contributed by atoms with E-state index in [1.807, 2.05) is 0 Å². The molecular formula is C29H59N3O10. The first kappa shape index (κ1) is 40.6. The number of carbonyl (C=O) groups is 2. The van der Waals surface area contributed by atoms with Crippen LogP contribution < -0.4 is 16.4 Å². The SMILES string of the molecule is CNC(=O)CC[C@H](N)C(=O)NCCOCCCOCCCOCCCOCCCOCCCOCCCOCCOC. The predicted octanol–water partition coefficient (Wildman–Crippen LogP) is 1.06. The van der Waals surface area contributed by atoms with Gasteiger partial charge in [-0.1, -0.05) is 0 Å². The molecule has 0 aromatic rings. The molecule has 0 saturated carbocycles. The summed E-state index contributed by atoms with van der Waals surface area (Å²) in [6.07, 6.45) is 5.71. The van der Waals surface area contributed by atoms with E-state index in [2.05, 4.69) is 10.6 Å². The molecule has 0 aliphatic rings. The molecular weight excluding hydrogens is 550 g/mol. The number of amides is 2. The number of nitrogens with one attached hydrogen (secondary N) is 2. The minimum absolute atomic E-state index is 0.132. The first-order chi connectivity index (χ1) is 20.6. The Kier molecular flexibility index (Phi) is 32.9. The number of nitrogens with two attached hydrogens (primary N) is 1. The summed E-state index contributed by atoms with van der Waals surface area (Å²) < 4.78 is 43.7. The minimum atomic E-state index is -0.695. The van der Waals surface area contributed by atoms with Crippen LogP contribution in [-0.4, -0.2) is 138 Å². The molecule has 0 aromatic carbocycles. The Morgan fingerprint density at radius 2 is 0.929 bits per heavy atom. The second kappa shape index (κ2) is 34.1. The van der Waals surface area contributed by atoms with E-state index in [-0.39, 0.29) is 18.2 Å². The van der Waals surface area contributed by atoms with Gasteiger partial charge in [-0.2, -0.15) is 0 Å². The molecule has 250 valence electrons. The molecule has 0 aliphatic carbocycles. The first-order valence-corrected chi connectivity index (χ1v) is 15.4. The van der Waals surface area contributed by atoms with E-state index < -0.39 is 6.04 Å². The van der Waals surface area contributed by atoms with E-state index in [0.717, 1.165) is 38.5 Å². The summed E-state index contributed by atoms with van der Waals surface area (Å²) in [7, 11) is 3.22. The molecule has 0 spiro atoms. The van der Waals surface area contributed by atoms with Gasteiger partial charge < -0.3 is 54.3 Å². The molecule has 0 aliphatic heterocycles. The molecule has 13 heteroatoms. The average molecular weight is 610 g/mol. The van der Waals surface area contributed by atoms with Crippen molar-refractivity contribution in [2.75, 3.05) is 120 Å². The van der Waals surface area contributed by atoms with Crippen molar-refractivity contribution in [2.24, 2.45) is 5.73 Å². The molecule has 0 bridgehead atoms. The van der Waals surface area contributed by atoms with Gasteiger partial charge in [-0.05, 0) is 44.9 Å². The molecule has 0 heterocycles. The fourth-order valence-electron chi connectivity index (χ4n) is 3.36. The molecule has 0 rings (SSSR count). The molecule has 0 unspecified atom stereocenters. The van der Waals surface area contributed by atoms with E-state index in [1.54, 1.807) is 14.2 Å². The highest BCUT2D eigenvalue weighted by Gasteiger charge is 2.14. The third-order valence-corrected chi connectivity index (χ3v) is 5.74. The summed E-state index contributed by atoms with van der Waals surface area (Å²) in [5.74, 6) is -0.407. The fourth-order valence-corrected chi connectivity index (χ4v) is 3.36. The quantitative estimate of drug-likeness (QED) is 0.0896. The van der Waals surface area contributed by atoms with Gasteiger partial charge in [-0.25, -0.2) is 0 Å². The number of methoxy groups -OCH3 is 1. The normalized spacial score (nSPS) is 12.0. The lowest BCUT2D eigenvalue weighted by Gasteiger charge is -2.12. The van der Waals surface area contributed by atoms with Gasteiger partial charge in [0.1, 0.15) is 0 Å². The predicted molar refractivity (Wildman–Crippen MR) is 160 cm³/mol. The molecule has 2 amide bonds. The lowest BCUT2D eigenvalue weighted by Crippen LogP contribution is -2.42. The van der Waals surface area contributed by atoms with Crippen molar-refractivity contribution in [2.45, 2.75) is 57.4 Å². The van der Waals surface area contributed by atoms with Crippen LogP contribution in [0.4, 0.5) is 0 Å². The maximum absolute atomic E-state index is 11.8. The van der Waals surface area contributed by atoms with E-state index in [4.69, 9.17) is 43.6 Å². The number of carbonyl (C=O) groups excluding carboxylic acids is 2. The van der Waals surface area contributed by atoms with E-state index in [9.17, 15) is 9.59 Å². The summed E-state index contributed by atoms with van der Waals surface area (Å²) in [5, 5.41) is 5.21. The van der Waals surface area contributed by atoms with Crippen LogP contribution in [0.3, 0.4) is 0 Å². The molecule has 42 heavy (non-hydrogen) atoms. The first-order valence-electron chi connectivity index (χ1n) is 15.4. The third-order valence-electron chi connectivity index (χ3n) is 5.74. The van der Waals surface area contributed by atoms with E-state index >= 15 is 0 Å². The van der Waals surface area contributed by atoms with Crippen LogP contribution >= 0.6 is 0 Å². The molecule has 0 radical (unpaired) electrons. The van der Waals surface area contributed by atoms with Crippen LogP contribution in [0.5, 0.6) is 0 Å². The highest BCUT2D eigenvalue weighted by atomic mass is 16.5. The van der Waals surface area contributed by atoms with Crippen molar-refractivity contribution in [1.29, 1.82) is 0 Å². The summed E-state index contributed by atoms with van der Waals surface area (Å²) in [6.45, 7) is 10.1. The second-order valence-corrected chi connectivity index (χ2v) is 9.51. The summed E-state index contributed by atoms with van der Waals surface area (Å²) in [5.41, 5.74) is 5.76. The molecule has 4 N–H and O–H groups in total. The molecule has 13 nitrogen and oxygen atoms in total. The highest BCUT2D eigenvalue weighted by Crippen LogP contribution is 1.96. The van der Waals surface area contributed by atoms with Gasteiger partial charge in [-0.3, -0.25) is 9.59 Å². The fraction of sp³-hybridized carbons (Fsp3) is 0.931. The van der Waals surface area contributed by atoms with Crippen molar-refractivity contribution in [3.8, 4) is 0 Å². The second-order valence-electron chi connectivity index (χ2n) is 9.51. The molecule has 1 atom stereocenters. The Morgan fingerprint density at radius 3 is 1.29 bits per heavy atom. The minimum Gasteiger partial charge on any atom is -0.382 e. The van der Waals surface area contributed by atoms with Crippen molar-refractivity contribution in [1.82, 2.24) is 10.6 Å². The van der Waals surface area contributed by atoms with Crippen molar-refractivity contribution in [3.63, 3.8) is 0 Å². The number of rotatable bonds is 34. The van der Waals surface area contributed by atoms with Crippen LogP contribution in [0, 0.1) is 0 Å². The van der Waals surface area contributed by atoms with Crippen LogP contribution in [0.1, 0.15) is 51.4 Å². The average Bonchev–Trinajstić information content (AvgIpc) is 3.00. The highest BCUT2D eigenvalue weighted by molar-refractivity contribution is 5.82. The molecule has 0 aromatic heterocycles. The van der Waals surface area contributed by atoms with E-state index in [0.29, 0.717) is 112 Å². The van der Waals surface area contributed by atoms with Crippen LogP contribution in [0.15, 0.2) is 0 Å². The monoisotopic (exact) mass is 609 g/mol. The summed E-state index contributed by atoms with van der Waals surface area (Å²) >= 11 is 0. The Bertz CT molecular complexity index is 590. The van der Waals surface area contributed by atoms with E-state index in [1.165, 1.54) is 0 Å². The summed E-state index contributed by atoms with van der Waals surface area (Å²) in [4.78, 5) is 23.0. The maximum atomic E-state index is 11.8. The van der Waals surface area contributed by atoms with Crippen molar-refractivity contribution < 1.29 is 47.5 Å². The Balaban J connectivity index is 3.16. The van der Waals surface area contributed by atoms with Crippen LogP contribution in [0.2, 0.25) is 0 Å². The Hall–Kier alpha value is -1.42. The zero-order chi connectivity index (χ0) is 30.8. The largest absolute Gasteiger partial charge is 0.382 e. The summed E-state index contributed by atoms with van der Waals surface area (Å²) in [6, 6.07) is -0.695. The van der Waals surface area contributed by atoms with Gasteiger partial charge >= 0.3 is 0 Å². The maximum Gasteiger partial charge on any atom is 0.237 e.